The van der Waals surface area contributed by atoms with E-state index in [0.29, 0.717) is 22.9 Å². The Morgan fingerprint density at radius 2 is 1.95 bits per heavy atom. The molecule has 0 aliphatic carbocycles. The summed E-state index contributed by atoms with van der Waals surface area (Å²) in [5, 5.41) is 0. The maximum Gasteiger partial charge on any atom is 0.573 e. The molecule has 1 aromatic carbocycles. The van der Waals surface area contributed by atoms with Gasteiger partial charge in [0, 0.05) is 5.56 Å². The van der Waals surface area contributed by atoms with Gasteiger partial charge in [0.25, 0.3) is 0 Å². The van der Waals surface area contributed by atoms with Crippen LogP contribution in [0.15, 0.2) is 34.9 Å². The van der Waals surface area contributed by atoms with Crippen molar-refractivity contribution in [2.24, 2.45) is 0 Å². The summed E-state index contributed by atoms with van der Waals surface area (Å²) in [5.74, 6) is 0.286. The van der Waals surface area contributed by atoms with Crippen LogP contribution in [0.3, 0.4) is 0 Å². The minimum absolute atomic E-state index is 0.116. The first-order chi connectivity index (χ1) is 9.74. The van der Waals surface area contributed by atoms with Crippen molar-refractivity contribution in [3.8, 4) is 17.4 Å². The van der Waals surface area contributed by atoms with Gasteiger partial charge in [-0.2, -0.15) is 0 Å². The molecule has 0 unspecified atom stereocenters. The Balaban J connectivity index is 2.20. The van der Waals surface area contributed by atoms with Crippen molar-refractivity contribution in [2.45, 2.75) is 13.3 Å². The number of rotatable bonds is 3. The first-order valence-corrected chi connectivity index (χ1v) is 6.49. The van der Waals surface area contributed by atoms with Crippen LogP contribution in [0, 0.1) is 6.92 Å². The fourth-order valence-electron chi connectivity index (χ4n) is 1.55. The van der Waals surface area contributed by atoms with Gasteiger partial charge < -0.3 is 15.2 Å². The van der Waals surface area contributed by atoms with E-state index in [4.69, 9.17) is 10.5 Å². The largest absolute Gasteiger partial charge is 0.573 e. The number of aromatic nitrogens is 1. The zero-order valence-corrected chi connectivity index (χ0v) is 12.3. The van der Waals surface area contributed by atoms with Crippen LogP contribution in [0.1, 0.15) is 5.56 Å². The van der Waals surface area contributed by atoms with Crippen LogP contribution in [0.5, 0.6) is 17.4 Å². The van der Waals surface area contributed by atoms with Crippen LogP contribution in [0.25, 0.3) is 0 Å². The number of alkyl halides is 3. The Kier molecular flexibility index (Phi) is 4.26. The Hall–Kier alpha value is -1.96. The normalized spacial score (nSPS) is 11.3. The quantitative estimate of drug-likeness (QED) is 0.877. The van der Waals surface area contributed by atoms with Crippen molar-refractivity contribution < 1.29 is 22.6 Å². The van der Waals surface area contributed by atoms with E-state index in [2.05, 4.69) is 25.7 Å². The highest BCUT2D eigenvalue weighted by Crippen LogP contribution is 2.34. The molecule has 4 nitrogen and oxygen atoms in total. The summed E-state index contributed by atoms with van der Waals surface area (Å²) in [7, 11) is 0. The molecule has 0 saturated heterocycles. The van der Waals surface area contributed by atoms with Crippen LogP contribution in [0.4, 0.5) is 18.9 Å². The summed E-state index contributed by atoms with van der Waals surface area (Å²) in [6.07, 6.45) is -3.32. The lowest BCUT2D eigenvalue weighted by Crippen LogP contribution is -2.17. The molecule has 0 saturated carbocycles. The van der Waals surface area contributed by atoms with E-state index in [9.17, 15) is 13.2 Å². The molecular weight excluding hydrogens is 353 g/mol. The number of nitrogens with two attached hydrogens (primary N) is 1. The van der Waals surface area contributed by atoms with Crippen molar-refractivity contribution in [2.75, 3.05) is 5.73 Å². The predicted octanol–water partition coefficient (Wildman–Crippen LogP) is 4.43. The molecule has 1 heterocycles. The lowest BCUT2D eigenvalue weighted by molar-refractivity contribution is -0.274. The van der Waals surface area contributed by atoms with Gasteiger partial charge in [0.1, 0.15) is 11.5 Å². The Morgan fingerprint density at radius 1 is 1.24 bits per heavy atom. The van der Waals surface area contributed by atoms with E-state index in [1.807, 2.05) is 0 Å². The van der Waals surface area contributed by atoms with Crippen molar-refractivity contribution in [3.05, 3.63) is 40.5 Å². The van der Waals surface area contributed by atoms with E-state index >= 15 is 0 Å². The highest BCUT2D eigenvalue weighted by atomic mass is 79.9. The molecule has 21 heavy (non-hydrogen) atoms. The number of halogens is 4. The maximum absolute atomic E-state index is 12.2. The second-order valence-corrected chi connectivity index (χ2v) is 4.99. The molecule has 2 rings (SSSR count). The molecule has 0 amide bonds. The first kappa shape index (κ1) is 15.4. The minimum atomic E-state index is -4.75. The van der Waals surface area contributed by atoms with Gasteiger partial charge in [0.15, 0.2) is 0 Å². The van der Waals surface area contributed by atoms with Gasteiger partial charge in [-0.25, -0.2) is 4.98 Å². The molecule has 112 valence electrons. The molecule has 1 aromatic heterocycles. The van der Waals surface area contributed by atoms with Gasteiger partial charge in [-0.05, 0) is 47.1 Å². The second-order valence-electron chi connectivity index (χ2n) is 4.13. The van der Waals surface area contributed by atoms with E-state index < -0.39 is 6.36 Å². The van der Waals surface area contributed by atoms with Gasteiger partial charge >= 0.3 is 6.36 Å². The molecule has 0 aliphatic rings. The van der Waals surface area contributed by atoms with Gasteiger partial charge in [-0.15, -0.1) is 13.2 Å². The fraction of sp³-hybridized carbons (Fsp3) is 0.154. The molecule has 0 spiro atoms. The van der Waals surface area contributed by atoms with Crippen molar-refractivity contribution >= 4 is 21.6 Å². The van der Waals surface area contributed by atoms with Crippen molar-refractivity contribution in [3.63, 3.8) is 0 Å². The van der Waals surface area contributed by atoms with Gasteiger partial charge in [-0.1, -0.05) is 0 Å². The topological polar surface area (TPSA) is 57.4 Å². The van der Waals surface area contributed by atoms with E-state index in [-0.39, 0.29) is 10.2 Å². The van der Waals surface area contributed by atoms with Gasteiger partial charge in [0.2, 0.25) is 5.88 Å². The number of hydrogen-bond donors (Lipinski definition) is 1. The molecule has 8 heteroatoms. The number of ether oxygens (including phenoxy) is 2. The Bertz CT molecular complexity index is 662. The SMILES string of the molecule is Cc1cc(N)cnc1Oc1ccc(OC(F)(F)F)c(Br)c1. The van der Waals surface area contributed by atoms with E-state index in [0.717, 1.165) is 6.07 Å². The smallest absolute Gasteiger partial charge is 0.439 e. The van der Waals surface area contributed by atoms with Crippen LogP contribution in [-0.4, -0.2) is 11.3 Å². The average molecular weight is 363 g/mol. The lowest BCUT2D eigenvalue weighted by Gasteiger charge is -2.12. The summed E-state index contributed by atoms with van der Waals surface area (Å²) in [6.45, 7) is 1.76. The van der Waals surface area contributed by atoms with Gasteiger partial charge in [0.05, 0.1) is 16.4 Å². The number of nitrogens with zero attached hydrogens (tertiary/aromatic N) is 1. The number of benzene rings is 1. The lowest BCUT2D eigenvalue weighted by atomic mass is 10.3. The minimum Gasteiger partial charge on any atom is -0.439 e. The van der Waals surface area contributed by atoms with Crippen LogP contribution < -0.4 is 15.2 Å². The number of aryl methyl sites for hydroxylation is 1. The molecule has 0 atom stereocenters. The third kappa shape index (κ3) is 4.25. The maximum atomic E-state index is 12.2. The Labute approximate surface area is 126 Å². The zero-order valence-electron chi connectivity index (χ0n) is 10.7. The Morgan fingerprint density at radius 3 is 2.52 bits per heavy atom. The molecule has 2 N–H and O–H groups in total. The molecule has 0 radical (unpaired) electrons. The monoisotopic (exact) mass is 362 g/mol. The van der Waals surface area contributed by atoms with E-state index in [1.54, 1.807) is 13.0 Å². The van der Waals surface area contributed by atoms with Crippen molar-refractivity contribution in [1.29, 1.82) is 0 Å². The van der Waals surface area contributed by atoms with Crippen LogP contribution in [-0.2, 0) is 0 Å². The zero-order chi connectivity index (χ0) is 15.6. The summed E-state index contributed by atoms with van der Waals surface area (Å²) < 4.78 is 45.9. The number of pyridine rings is 1. The third-order valence-electron chi connectivity index (χ3n) is 2.39. The van der Waals surface area contributed by atoms with Crippen LogP contribution >= 0.6 is 15.9 Å². The number of hydrogen-bond acceptors (Lipinski definition) is 4. The molecule has 0 aliphatic heterocycles. The number of anilines is 1. The molecule has 2 aromatic rings. The molecular formula is C13H10BrF3N2O2. The van der Waals surface area contributed by atoms with Gasteiger partial charge in [-0.3, -0.25) is 0 Å². The summed E-state index contributed by atoms with van der Waals surface area (Å²) in [4.78, 5) is 4.01. The van der Waals surface area contributed by atoms with E-state index in [1.165, 1.54) is 18.3 Å². The second kappa shape index (κ2) is 5.80. The average Bonchev–Trinajstić information content (AvgIpc) is 2.35. The van der Waals surface area contributed by atoms with Crippen molar-refractivity contribution in [1.82, 2.24) is 4.98 Å². The third-order valence-corrected chi connectivity index (χ3v) is 3.01. The molecule has 0 fully saturated rings. The fourth-order valence-corrected chi connectivity index (χ4v) is 1.99. The summed E-state index contributed by atoms with van der Waals surface area (Å²) >= 11 is 3.00. The number of nitrogen functional groups attached to an aromatic ring is 1. The highest BCUT2D eigenvalue weighted by molar-refractivity contribution is 9.10. The first-order valence-electron chi connectivity index (χ1n) is 5.70. The highest BCUT2D eigenvalue weighted by Gasteiger charge is 2.32. The standard InChI is InChI=1S/C13H10BrF3N2O2/c1-7-4-8(18)6-19-12(7)20-9-2-3-11(10(14)5-9)21-13(15,16)17/h2-6H,18H2,1H3. The predicted molar refractivity (Wildman–Crippen MR) is 74.3 cm³/mol. The summed E-state index contributed by atoms with van der Waals surface area (Å²) in [6, 6.07) is 5.54. The molecule has 0 bridgehead atoms. The summed E-state index contributed by atoms with van der Waals surface area (Å²) in [5.41, 5.74) is 6.78. The van der Waals surface area contributed by atoms with Crippen LogP contribution in [0.2, 0.25) is 0 Å².